The first-order valence-corrected chi connectivity index (χ1v) is 7.18. The largest absolute Gasteiger partial charge is 0.481 e. The Bertz CT molecular complexity index is 755. The number of carbonyl (C=O) groups is 1. The first kappa shape index (κ1) is 14.9. The molecule has 0 radical (unpaired) electrons. The number of hydrogen-bond donors (Lipinski definition) is 3. The number of nitrogens with zero attached hydrogens (tertiary/aromatic N) is 2. The van der Waals surface area contributed by atoms with Crippen molar-refractivity contribution in [2.75, 3.05) is 7.11 Å². The maximum absolute atomic E-state index is 12.1. The third-order valence-corrected chi connectivity index (χ3v) is 3.97. The Labute approximate surface area is 120 Å². The second-order valence-electron chi connectivity index (χ2n) is 3.91. The van der Waals surface area contributed by atoms with Gasteiger partial charge in [0.2, 0.25) is 5.88 Å². The molecule has 0 amide bonds. The highest BCUT2D eigenvalue weighted by atomic mass is 32.2. The number of aromatic nitrogens is 3. The summed E-state index contributed by atoms with van der Waals surface area (Å²) in [5.74, 6) is -1.11. The molecule has 0 atom stereocenters. The average Bonchev–Trinajstić information content (AvgIpc) is 2.96. The van der Waals surface area contributed by atoms with E-state index >= 15 is 0 Å². The molecule has 0 aliphatic rings. The minimum atomic E-state index is -4.05. The molecule has 3 N–H and O–H groups in total. The van der Waals surface area contributed by atoms with Gasteiger partial charge in [0.05, 0.1) is 13.3 Å². The van der Waals surface area contributed by atoms with E-state index in [2.05, 4.69) is 19.9 Å². The van der Waals surface area contributed by atoms with Crippen LogP contribution in [-0.4, -0.2) is 41.8 Å². The molecule has 2 heterocycles. The van der Waals surface area contributed by atoms with Crippen LogP contribution >= 0.6 is 0 Å². The summed E-state index contributed by atoms with van der Waals surface area (Å²) < 4.78 is 31.4. The zero-order chi connectivity index (χ0) is 15.5. The van der Waals surface area contributed by atoms with E-state index in [0.717, 1.165) is 6.20 Å². The number of nitrogens with one attached hydrogen (secondary N) is 2. The number of carboxylic acid groups (broad SMARTS) is 1. The van der Waals surface area contributed by atoms with Crippen LogP contribution in [0.15, 0.2) is 29.6 Å². The Morgan fingerprint density at radius 3 is 2.95 bits per heavy atom. The number of aromatic carboxylic acids is 1. The van der Waals surface area contributed by atoms with Crippen LogP contribution in [0.3, 0.4) is 0 Å². The van der Waals surface area contributed by atoms with Gasteiger partial charge in [-0.2, -0.15) is 5.10 Å². The van der Waals surface area contributed by atoms with Gasteiger partial charge in [0.1, 0.15) is 5.56 Å². The maximum atomic E-state index is 12.1. The molecule has 2 aromatic rings. The zero-order valence-electron chi connectivity index (χ0n) is 10.9. The van der Waals surface area contributed by atoms with E-state index in [1.54, 1.807) is 12.1 Å². The second kappa shape index (κ2) is 5.89. The van der Waals surface area contributed by atoms with Crippen LogP contribution in [-0.2, 0) is 16.6 Å². The first-order valence-electron chi connectivity index (χ1n) is 5.70. The van der Waals surface area contributed by atoms with E-state index in [1.165, 1.54) is 13.3 Å². The predicted octanol–water partition coefficient (Wildman–Crippen LogP) is -0.0100. The van der Waals surface area contributed by atoms with Crippen molar-refractivity contribution in [2.24, 2.45) is 0 Å². The molecular formula is C11H12N4O5S. The van der Waals surface area contributed by atoms with E-state index in [1.807, 2.05) is 0 Å². The lowest BCUT2D eigenvalue weighted by molar-refractivity contribution is 0.0692. The van der Waals surface area contributed by atoms with Gasteiger partial charge in [-0.1, -0.05) is 6.07 Å². The summed E-state index contributed by atoms with van der Waals surface area (Å²) in [5, 5.41) is 14.0. The maximum Gasteiger partial charge on any atom is 0.340 e. The Morgan fingerprint density at radius 2 is 2.29 bits per heavy atom. The molecule has 0 aromatic carbocycles. The molecule has 112 valence electrons. The molecule has 9 nitrogen and oxygen atoms in total. The number of methoxy groups -OCH3 is 1. The molecule has 21 heavy (non-hydrogen) atoms. The SMILES string of the molecule is COc1ncccc1CNS(=O)(=O)c1[nH]ncc1C(=O)O. The number of H-pyrrole nitrogens is 1. The van der Waals surface area contributed by atoms with Gasteiger partial charge >= 0.3 is 5.97 Å². The van der Waals surface area contributed by atoms with E-state index in [4.69, 9.17) is 9.84 Å². The number of sulfonamides is 1. The third-order valence-electron chi connectivity index (χ3n) is 2.60. The van der Waals surface area contributed by atoms with Crippen LogP contribution in [0, 0.1) is 0 Å². The van der Waals surface area contributed by atoms with Crippen LogP contribution in [0.4, 0.5) is 0 Å². The molecule has 2 aromatic heterocycles. The highest BCUT2D eigenvalue weighted by Gasteiger charge is 2.24. The molecule has 0 spiro atoms. The molecular weight excluding hydrogens is 300 g/mol. The average molecular weight is 312 g/mol. The Hall–Kier alpha value is -2.46. The molecule has 0 unspecified atom stereocenters. The minimum Gasteiger partial charge on any atom is -0.481 e. The Morgan fingerprint density at radius 1 is 1.52 bits per heavy atom. The van der Waals surface area contributed by atoms with Crippen molar-refractivity contribution in [3.05, 3.63) is 35.7 Å². The summed E-state index contributed by atoms with van der Waals surface area (Å²) in [6.07, 6.45) is 2.44. The molecule has 0 saturated heterocycles. The van der Waals surface area contributed by atoms with E-state index in [0.29, 0.717) is 5.56 Å². The fourth-order valence-corrected chi connectivity index (χ4v) is 2.71. The van der Waals surface area contributed by atoms with Gasteiger partial charge in [0.15, 0.2) is 5.03 Å². The van der Waals surface area contributed by atoms with Gasteiger partial charge in [-0.15, -0.1) is 0 Å². The summed E-state index contributed by atoms with van der Waals surface area (Å²) in [5.41, 5.74) is 0.0839. The van der Waals surface area contributed by atoms with Crippen molar-refractivity contribution < 1.29 is 23.1 Å². The van der Waals surface area contributed by atoms with Crippen molar-refractivity contribution >= 4 is 16.0 Å². The lowest BCUT2D eigenvalue weighted by Crippen LogP contribution is -2.25. The number of hydrogen-bond acceptors (Lipinski definition) is 6. The second-order valence-corrected chi connectivity index (χ2v) is 5.62. The van der Waals surface area contributed by atoms with Crippen LogP contribution < -0.4 is 9.46 Å². The summed E-state index contributed by atoms with van der Waals surface area (Å²) in [6, 6.07) is 3.27. The van der Waals surface area contributed by atoms with Crippen LogP contribution in [0.5, 0.6) is 5.88 Å². The molecule has 0 fully saturated rings. The standard InChI is InChI=1S/C11H12N4O5S/c1-20-9-7(3-2-4-12-9)5-14-21(18,19)10-8(11(16)17)6-13-15-10/h2-4,6,14H,5H2,1H3,(H,13,15)(H,16,17). The van der Waals surface area contributed by atoms with Crippen molar-refractivity contribution in [2.45, 2.75) is 11.6 Å². The summed E-state index contributed by atoms with van der Waals surface area (Å²) >= 11 is 0. The van der Waals surface area contributed by atoms with Gasteiger partial charge in [-0.3, -0.25) is 5.10 Å². The highest BCUT2D eigenvalue weighted by Crippen LogP contribution is 2.16. The number of aromatic amines is 1. The summed E-state index contributed by atoms with van der Waals surface area (Å²) in [6.45, 7) is -0.0998. The lowest BCUT2D eigenvalue weighted by Gasteiger charge is -2.08. The van der Waals surface area contributed by atoms with Crippen molar-refractivity contribution in [1.29, 1.82) is 0 Å². The Balaban J connectivity index is 2.22. The van der Waals surface area contributed by atoms with Crippen LogP contribution in [0.2, 0.25) is 0 Å². The van der Waals surface area contributed by atoms with Gasteiger partial charge in [0, 0.05) is 18.3 Å². The zero-order valence-corrected chi connectivity index (χ0v) is 11.7. The monoisotopic (exact) mass is 312 g/mol. The molecule has 0 bridgehead atoms. The highest BCUT2D eigenvalue weighted by molar-refractivity contribution is 7.89. The molecule has 2 rings (SSSR count). The fourth-order valence-electron chi connectivity index (χ4n) is 1.62. The number of carboxylic acids is 1. The number of pyridine rings is 1. The number of rotatable bonds is 6. The normalized spacial score (nSPS) is 11.3. The van der Waals surface area contributed by atoms with Gasteiger partial charge in [-0.25, -0.2) is 22.9 Å². The number of ether oxygens (including phenoxy) is 1. The molecule has 0 saturated carbocycles. The van der Waals surface area contributed by atoms with Gasteiger partial charge in [0.25, 0.3) is 10.0 Å². The molecule has 10 heteroatoms. The van der Waals surface area contributed by atoms with E-state index in [9.17, 15) is 13.2 Å². The van der Waals surface area contributed by atoms with Crippen molar-refractivity contribution in [3.8, 4) is 5.88 Å². The fraction of sp³-hybridized carbons (Fsp3) is 0.182. The van der Waals surface area contributed by atoms with Gasteiger partial charge < -0.3 is 9.84 Å². The Kier molecular flexibility index (Phi) is 4.19. The smallest absolute Gasteiger partial charge is 0.340 e. The quantitative estimate of drug-likeness (QED) is 0.682. The van der Waals surface area contributed by atoms with Crippen LogP contribution in [0.25, 0.3) is 0 Å². The van der Waals surface area contributed by atoms with Crippen molar-refractivity contribution in [1.82, 2.24) is 19.9 Å². The lowest BCUT2D eigenvalue weighted by atomic mass is 10.3. The van der Waals surface area contributed by atoms with Crippen molar-refractivity contribution in [3.63, 3.8) is 0 Å². The first-order chi connectivity index (χ1) is 9.95. The minimum absolute atomic E-state index is 0.0998. The molecule has 0 aliphatic heterocycles. The summed E-state index contributed by atoms with van der Waals surface area (Å²) in [4.78, 5) is 14.9. The summed E-state index contributed by atoms with van der Waals surface area (Å²) in [7, 11) is -2.63. The topological polar surface area (TPSA) is 134 Å². The van der Waals surface area contributed by atoms with E-state index in [-0.39, 0.29) is 12.4 Å². The molecule has 0 aliphatic carbocycles. The third kappa shape index (κ3) is 3.17. The van der Waals surface area contributed by atoms with Gasteiger partial charge in [-0.05, 0) is 6.07 Å². The predicted molar refractivity (Wildman–Crippen MR) is 70.4 cm³/mol. The van der Waals surface area contributed by atoms with Crippen LogP contribution in [0.1, 0.15) is 15.9 Å². The van der Waals surface area contributed by atoms with E-state index < -0.39 is 26.6 Å².